The fraction of sp³-hybridized carbons (Fsp3) is 0.562. The van der Waals surface area contributed by atoms with E-state index in [1.54, 1.807) is 18.2 Å². The molecular formula is C16H25NO4. The summed E-state index contributed by atoms with van der Waals surface area (Å²) in [5.41, 5.74) is 0.384. The van der Waals surface area contributed by atoms with Crippen molar-refractivity contribution in [2.24, 2.45) is 0 Å². The average molecular weight is 295 g/mol. The van der Waals surface area contributed by atoms with Crippen LogP contribution < -0.4 is 10.1 Å². The van der Waals surface area contributed by atoms with E-state index in [4.69, 9.17) is 9.47 Å². The van der Waals surface area contributed by atoms with Crippen LogP contribution in [-0.4, -0.2) is 43.0 Å². The maximum absolute atomic E-state index is 12.0. The second-order valence-corrected chi connectivity index (χ2v) is 5.16. The lowest BCUT2D eigenvalue weighted by atomic mass is 10.2. The smallest absolute Gasteiger partial charge is 0.342 e. The standard InChI is InChI=1S/C16H25NO4/c1-4-9-20-15-8-6-5-7-14(15)16(19)21-11-13(18)10-17-12(2)3/h5-8,12-13,17-18H,4,9-11H2,1-3H3/t13-/m1/s1. The first-order valence-corrected chi connectivity index (χ1v) is 7.35. The largest absolute Gasteiger partial charge is 0.493 e. The van der Waals surface area contributed by atoms with Crippen molar-refractivity contribution in [2.75, 3.05) is 19.8 Å². The van der Waals surface area contributed by atoms with E-state index in [-0.39, 0.29) is 12.6 Å². The second kappa shape index (κ2) is 9.37. The molecule has 21 heavy (non-hydrogen) atoms. The fourth-order valence-corrected chi connectivity index (χ4v) is 1.65. The van der Waals surface area contributed by atoms with Gasteiger partial charge in [0.1, 0.15) is 24.0 Å². The maximum Gasteiger partial charge on any atom is 0.342 e. The molecule has 0 bridgehead atoms. The predicted molar refractivity (Wildman–Crippen MR) is 81.7 cm³/mol. The van der Waals surface area contributed by atoms with Crippen LogP contribution in [0.4, 0.5) is 0 Å². The quantitative estimate of drug-likeness (QED) is 0.682. The molecule has 0 unspecified atom stereocenters. The SMILES string of the molecule is CCCOc1ccccc1C(=O)OC[C@H](O)CNC(C)C. The molecule has 0 aromatic heterocycles. The third-order valence-corrected chi connectivity index (χ3v) is 2.74. The third-order valence-electron chi connectivity index (χ3n) is 2.74. The van der Waals surface area contributed by atoms with E-state index >= 15 is 0 Å². The normalized spacial score (nSPS) is 12.2. The van der Waals surface area contributed by atoms with Crippen molar-refractivity contribution in [3.63, 3.8) is 0 Å². The van der Waals surface area contributed by atoms with E-state index in [0.717, 1.165) is 6.42 Å². The fourth-order valence-electron chi connectivity index (χ4n) is 1.65. The van der Waals surface area contributed by atoms with Gasteiger partial charge < -0.3 is 19.9 Å². The van der Waals surface area contributed by atoms with E-state index in [1.807, 2.05) is 26.8 Å². The Morgan fingerprint density at radius 2 is 2.05 bits per heavy atom. The number of hydrogen-bond donors (Lipinski definition) is 2. The molecule has 0 saturated carbocycles. The summed E-state index contributed by atoms with van der Waals surface area (Å²) >= 11 is 0. The number of ether oxygens (including phenoxy) is 2. The van der Waals surface area contributed by atoms with Gasteiger partial charge in [-0.25, -0.2) is 4.79 Å². The molecule has 1 rings (SSSR count). The molecule has 5 nitrogen and oxygen atoms in total. The van der Waals surface area contributed by atoms with Crippen LogP contribution in [0.25, 0.3) is 0 Å². The van der Waals surface area contributed by atoms with Crippen molar-refractivity contribution in [3.8, 4) is 5.75 Å². The molecule has 0 spiro atoms. The summed E-state index contributed by atoms with van der Waals surface area (Å²) in [6.45, 7) is 6.87. The number of esters is 1. The molecule has 0 amide bonds. The summed E-state index contributed by atoms with van der Waals surface area (Å²) in [6, 6.07) is 7.24. The van der Waals surface area contributed by atoms with Crippen LogP contribution in [0.2, 0.25) is 0 Å². The number of para-hydroxylation sites is 1. The highest BCUT2D eigenvalue weighted by Crippen LogP contribution is 2.19. The number of aliphatic hydroxyl groups excluding tert-OH is 1. The first-order valence-electron chi connectivity index (χ1n) is 7.35. The summed E-state index contributed by atoms with van der Waals surface area (Å²) in [7, 11) is 0. The number of carbonyl (C=O) groups is 1. The van der Waals surface area contributed by atoms with Gasteiger partial charge in [0, 0.05) is 12.6 Å². The van der Waals surface area contributed by atoms with Crippen LogP contribution in [0.15, 0.2) is 24.3 Å². The van der Waals surface area contributed by atoms with E-state index in [9.17, 15) is 9.90 Å². The van der Waals surface area contributed by atoms with Crippen LogP contribution in [0.1, 0.15) is 37.6 Å². The van der Waals surface area contributed by atoms with Crippen LogP contribution in [-0.2, 0) is 4.74 Å². The van der Waals surface area contributed by atoms with E-state index in [2.05, 4.69) is 5.32 Å². The van der Waals surface area contributed by atoms with E-state index in [1.165, 1.54) is 0 Å². The van der Waals surface area contributed by atoms with Crippen molar-refractivity contribution < 1.29 is 19.4 Å². The van der Waals surface area contributed by atoms with Gasteiger partial charge in [0.25, 0.3) is 0 Å². The van der Waals surface area contributed by atoms with Gasteiger partial charge in [0.15, 0.2) is 0 Å². The van der Waals surface area contributed by atoms with Gasteiger partial charge in [0.2, 0.25) is 0 Å². The molecule has 2 N–H and O–H groups in total. The first-order chi connectivity index (χ1) is 10.0. The molecule has 0 aliphatic heterocycles. The van der Waals surface area contributed by atoms with Gasteiger partial charge in [-0.2, -0.15) is 0 Å². The zero-order valence-corrected chi connectivity index (χ0v) is 13.0. The predicted octanol–water partition coefficient (Wildman–Crippen LogP) is 1.99. The van der Waals surface area contributed by atoms with Crippen molar-refractivity contribution in [1.82, 2.24) is 5.32 Å². The Morgan fingerprint density at radius 3 is 2.71 bits per heavy atom. The Morgan fingerprint density at radius 1 is 1.33 bits per heavy atom. The summed E-state index contributed by atoms with van der Waals surface area (Å²) in [5.74, 6) is 0.0319. The highest BCUT2D eigenvalue weighted by Gasteiger charge is 2.15. The monoisotopic (exact) mass is 295 g/mol. The summed E-state index contributed by atoms with van der Waals surface area (Å²) in [4.78, 5) is 12.0. The molecule has 5 heteroatoms. The van der Waals surface area contributed by atoms with Crippen LogP contribution in [0, 0.1) is 0 Å². The Labute approximate surface area is 126 Å². The van der Waals surface area contributed by atoms with Crippen LogP contribution in [0.3, 0.4) is 0 Å². The van der Waals surface area contributed by atoms with Gasteiger partial charge >= 0.3 is 5.97 Å². The van der Waals surface area contributed by atoms with Crippen LogP contribution in [0.5, 0.6) is 5.75 Å². The van der Waals surface area contributed by atoms with Crippen molar-refractivity contribution in [3.05, 3.63) is 29.8 Å². The lowest BCUT2D eigenvalue weighted by Gasteiger charge is -2.15. The number of aliphatic hydroxyl groups is 1. The summed E-state index contributed by atoms with van der Waals surface area (Å²) < 4.78 is 10.7. The molecule has 0 aliphatic rings. The summed E-state index contributed by atoms with van der Waals surface area (Å²) in [5, 5.41) is 12.8. The minimum Gasteiger partial charge on any atom is -0.493 e. The highest BCUT2D eigenvalue weighted by molar-refractivity contribution is 5.92. The van der Waals surface area contributed by atoms with Gasteiger partial charge in [0.05, 0.1) is 6.61 Å². The molecule has 1 atom stereocenters. The molecule has 0 aliphatic carbocycles. The second-order valence-electron chi connectivity index (χ2n) is 5.16. The first kappa shape index (κ1) is 17.5. The van der Waals surface area contributed by atoms with Gasteiger partial charge in [-0.3, -0.25) is 0 Å². The van der Waals surface area contributed by atoms with E-state index < -0.39 is 12.1 Å². The lowest BCUT2D eigenvalue weighted by Crippen LogP contribution is -2.35. The third kappa shape index (κ3) is 6.60. The summed E-state index contributed by atoms with van der Waals surface area (Å²) in [6.07, 6.45) is 0.142. The number of carbonyl (C=O) groups excluding carboxylic acids is 1. The Balaban J connectivity index is 2.51. The molecule has 0 fully saturated rings. The molecule has 0 heterocycles. The maximum atomic E-state index is 12.0. The van der Waals surface area contributed by atoms with Crippen molar-refractivity contribution in [2.45, 2.75) is 39.3 Å². The lowest BCUT2D eigenvalue weighted by molar-refractivity contribution is 0.0252. The number of benzene rings is 1. The van der Waals surface area contributed by atoms with Crippen molar-refractivity contribution in [1.29, 1.82) is 0 Å². The zero-order chi connectivity index (χ0) is 15.7. The Bertz CT molecular complexity index is 434. The molecule has 0 radical (unpaired) electrons. The molecular weight excluding hydrogens is 270 g/mol. The Kier molecular flexibility index (Phi) is 7.79. The Hall–Kier alpha value is -1.59. The van der Waals surface area contributed by atoms with Gasteiger partial charge in [-0.1, -0.05) is 32.9 Å². The molecule has 1 aromatic carbocycles. The van der Waals surface area contributed by atoms with Gasteiger partial charge in [-0.05, 0) is 18.6 Å². The topological polar surface area (TPSA) is 67.8 Å². The average Bonchev–Trinajstić information content (AvgIpc) is 2.48. The number of rotatable bonds is 9. The van der Waals surface area contributed by atoms with E-state index in [0.29, 0.717) is 24.5 Å². The molecule has 1 aromatic rings. The van der Waals surface area contributed by atoms with Crippen LogP contribution >= 0.6 is 0 Å². The molecule has 0 saturated heterocycles. The zero-order valence-electron chi connectivity index (χ0n) is 13.0. The minimum atomic E-state index is -0.722. The number of nitrogens with one attached hydrogen (secondary N) is 1. The number of hydrogen-bond acceptors (Lipinski definition) is 5. The minimum absolute atomic E-state index is 0.0410. The van der Waals surface area contributed by atoms with Gasteiger partial charge in [-0.15, -0.1) is 0 Å². The highest BCUT2D eigenvalue weighted by atomic mass is 16.5. The molecule has 118 valence electrons. The van der Waals surface area contributed by atoms with Crippen molar-refractivity contribution >= 4 is 5.97 Å².